The Kier molecular flexibility index (Phi) is 5.75. The van der Waals surface area contributed by atoms with Gasteiger partial charge in [-0.2, -0.15) is 0 Å². The molecular weight excluding hydrogens is 324 g/mol. The Morgan fingerprint density at radius 3 is 2.65 bits per heavy atom. The van der Waals surface area contributed by atoms with Crippen molar-refractivity contribution in [2.75, 3.05) is 7.11 Å². The summed E-state index contributed by atoms with van der Waals surface area (Å²) in [7, 11) is 1.69. The van der Waals surface area contributed by atoms with Gasteiger partial charge in [0.25, 0.3) is 0 Å². The van der Waals surface area contributed by atoms with Crippen molar-refractivity contribution in [1.82, 2.24) is 0 Å². The number of hydrogen-bond donors (Lipinski definition) is 1. The van der Waals surface area contributed by atoms with Gasteiger partial charge in [-0.3, -0.25) is 0 Å². The van der Waals surface area contributed by atoms with Crippen LogP contribution < -0.4 is 9.47 Å². The highest BCUT2D eigenvalue weighted by atomic mass is 16.5. The molecule has 1 aliphatic heterocycles. The van der Waals surface area contributed by atoms with Crippen LogP contribution >= 0.6 is 0 Å². The number of rotatable bonds is 7. The Hall–Kier alpha value is -2.16. The third-order valence-corrected chi connectivity index (χ3v) is 5.46. The second kappa shape index (κ2) is 8.03. The highest BCUT2D eigenvalue weighted by Crippen LogP contribution is 2.49. The van der Waals surface area contributed by atoms with Crippen molar-refractivity contribution in [2.24, 2.45) is 0 Å². The lowest BCUT2D eigenvalue weighted by Gasteiger charge is -2.43. The fourth-order valence-electron chi connectivity index (χ4n) is 4.20. The molecule has 0 saturated carbocycles. The Labute approximate surface area is 157 Å². The minimum absolute atomic E-state index is 0.153. The molecule has 2 atom stereocenters. The molecule has 0 aliphatic carbocycles. The average Bonchev–Trinajstić information content (AvgIpc) is 2.65. The van der Waals surface area contributed by atoms with Crippen LogP contribution in [-0.2, 0) is 0 Å². The number of ether oxygens (including phenoxy) is 2. The highest BCUT2D eigenvalue weighted by Gasteiger charge is 2.40. The molecule has 1 aliphatic rings. The summed E-state index contributed by atoms with van der Waals surface area (Å²) in [5.74, 6) is 2.29. The van der Waals surface area contributed by atoms with Gasteiger partial charge in [0.15, 0.2) is 0 Å². The van der Waals surface area contributed by atoms with Crippen molar-refractivity contribution in [3.8, 4) is 17.2 Å². The molecule has 0 amide bonds. The van der Waals surface area contributed by atoms with Crippen LogP contribution in [0.1, 0.15) is 69.4 Å². The van der Waals surface area contributed by atoms with Crippen molar-refractivity contribution in [3.63, 3.8) is 0 Å². The zero-order valence-electron chi connectivity index (χ0n) is 16.1. The van der Waals surface area contributed by atoms with Crippen LogP contribution in [0.4, 0.5) is 0 Å². The van der Waals surface area contributed by atoms with Crippen molar-refractivity contribution in [2.45, 2.75) is 63.9 Å². The van der Waals surface area contributed by atoms with E-state index in [0.717, 1.165) is 55.6 Å². The van der Waals surface area contributed by atoms with Gasteiger partial charge in [-0.15, -0.1) is 0 Å². The summed E-state index contributed by atoms with van der Waals surface area (Å²) in [5.41, 5.74) is 2.18. The van der Waals surface area contributed by atoms with Crippen molar-refractivity contribution in [3.05, 3.63) is 53.6 Å². The van der Waals surface area contributed by atoms with Crippen molar-refractivity contribution >= 4 is 0 Å². The molecule has 0 fully saturated rings. The summed E-state index contributed by atoms with van der Waals surface area (Å²) < 4.78 is 12.1. The molecule has 3 heteroatoms. The van der Waals surface area contributed by atoms with E-state index < -0.39 is 0 Å². The third kappa shape index (κ3) is 3.82. The quantitative estimate of drug-likeness (QED) is 0.658. The number of fused-ring (bicyclic) bond motifs is 1. The van der Waals surface area contributed by atoms with E-state index in [1.54, 1.807) is 13.2 Å². The van der Waals surface area contributed by atoms with Crippen LogP contribution in [0.5, 0.6) is 17.2 Å². The van der Waals surface area contributed by atoms with Crippen molar-refractivity contribution < 1.29 is 14.6 Å². The van der Waals surface area contributed by atoms with Crippen LogP contribution in [0.2, 0.25) is 0 Å². The molecule has 0 aromatic heterocycles. The van der Waals surface area contributed by atoms with Gasteiger partial charge in [-0.1, -0.05) is 44.9 Å². The van der Waals surface area contributed by atoms with Gasteiger partial charge < -0.3 is 14.6 Å². The van der Waals surface area contributed by atoms with Crippen LogP contribution in [0.3, 0.4) is 0 Å². The lowest BCUT2D eigenvalue weighted by Crippen LogP contribution is -2.41. The molecule has 3 nitrogen and oxygen atoms in total. The second-order valence-electron chi connectivity index (χ2n) is 7.39. The first-order valence-corrected chi connectivity index (χ1v) is 9.76. The van der Waals surface area contributed by atoms with Gasteiger partial charge >= 0.3 is 0 Å². The lowest BCUT2D eigenvalue weighted by molar-refractivity contribution is 0.0201. The normalized spacial score (nSPS) is 21.7. The zero-order valence-corrected chi connectivity index (χ0v) is 16.1. The van der Waals surface area contributed by atoms with Gasteiger partial charge in [0.05, 0.1) is 7.11 Å². The Morgan fingerprint density at radius 1 is 1.12 bits per heavy atom. The van der Waals surface area contributed by atoms with Crippen LogP contribution in [-0.4, -0.2) is 17.8 Å². The molecule has 3 rings (SSSR count). The first kappa shape index (κ1) is 18.6. The van der Waals surface area contributed by atoms with E-state index in [9.17, 15) is 5.11 Å². The van der Waals surface area contributed by atoms with E-state index in [1.807, 2.05) is 24.3 Å². The third-order valence-electron chi connectivity index (χ3n) is 5.46. The zero-order chi connectivity index (χ0) is 18.6. The van der Waals surface area contributed by atoms with Gasteiger partial charge in [0.2, 0.25) is 0 Å². The summed E-state index contributed by atoms with van der Waals surface area (Å²) in [6.07, 6.45) is 6.46. The number of unbranched alkanes of at least 4 members (excludes halogenated alkanes) is 1. The minimum Gasteiger partial charge on any atom is -0.508 e. The van der Waals surface area contributed by atoms with Gasteiger partial charge in [-0.05, 0) is 49.4 Å². The number of phenols is 1. The first-order valence-electron chi connectivity index (χ1n) is 9.76. The van der Waals surface area contributed by atoms with E-state index in [0.29, 0.717) is 5.75 Å². The maximum atomic E-state index is 10.00. The number of benzene rings is 2. The highest BCUT2D eigenvalue weighted by molar-refractivity contribution is 5.49. The summed E-state index contributed by atoms with van der Waals surface area (Å²) >= 11 is 0. The predicted octanol–water partition coefficient (Wildman–Crippen LogP) is 6.04. The summed E-state index contributed by atoms with van der Waals surface area (Å²) in [6, 6.07) is 13.8. The summed E-state index contributed by atoms with van der Waals surface area (Å²) in [5, 5.41) is 10.00. The molecule has 0 spiro atoms. The molecule has 2 unspecified atom stereocenters. The average molecular weight is 354 g/mol. The molecule has 1 heterocycles. The molecule has 0 radical (unpaired) electrons. The number of methoxy groups -OCH3 is 1. The van der Waals surface area contributed by atoms with Gasteiger partial charge in [0.1, 0.15) is 22.8 Å². The Bertz CT molecular complexity index is 740. The van der Waals surface area contributed by atoms with Crippen molar-refractivity contribution in [1.29, 1.82) is 0 Å². The minimum atomic E-state index is -0.153. The number of aromatic hydroxyl groups is 1. The molecule has 26 heavy (non-hydrogen) atoms. The maximum absolute atomic E-state index is 10.00. The molecule has 1 N–H and O–H groups in total. The fourth-order valence-corrected chi connectivity index (χ4v) is 4.20. The van der Waals surface area contributed by atoms with Crippen LogP contribution in [0.15, 0.2) is 42.5 Å². The fraction of sp³-hybridized carbons (Fsp3) is 0.478. The van der Waals surface area contributed by atoms with E-state index in [1.165, 1.54) is 5.56 Å². The summed E-state index contributed by atoms with van der Waals surface area (Å²) in [6.45, 7) is 4.45. The SMILES string of the molecule is CCCCC1(CCC)CC(c2cccc(O)c2)c2ccc(OC)cc2O1. The second-order valence-corrected chi connectivity index (χ2v) is 7.39. The molecule has 2 aromatic rings. The molecule has 0 saturated heterocycles. The van der Waals surface area contributed by atoms with Crippen LogP contribution in [0, 0.1) is 0 Å². The van der Waals surface area contributed by atoms with Gasteiger partial charge in [0, 0.05) is 17.5 Å². The Morgan fingerprint density at radius 2 is 1.96 bits per heavy atom. The number of phenolic OH excluding ortho intramolecular Hbond substituents is 1. The number of hydrogen-bond acceptors (Lipinski definition) is 3. The van der Waals surface area contributed by atoms with E-state index in [2.05, 4.69) is 26.0 Å². The Balaban J connectivity index is 2.07. The van der Waals surface area contributed by atoms with E-state index >= 15 is 0 Å². The molecule has 2 aromatic carbocycles. The monoisotopic (exact) mass is 354 g/mol. The van der Waals surface area contributed by atoms with E-state index in [4.69, 9.17) is 9.47 Å². The lowest BCUT2D eigenvalue weighted by atomic mass is 9.75. The predicted molar refractivity (Wildman–Crippen MR) is 105 cm³/mol. The van der Waals surface area contributed by atoms with E-state index in [-0.39, 0.29) is 11.5 Å². The largest absolute Gasteiger partial charge is 0.508 e. The maximum Gasteiger partial charge on any atom is 0.127 e. The molecule has 140 valence electrons. The smallest absolute Gasteiger partial charge is 0.127 e. The topological polar surface area (TPSA) is 38.7 Å². The molecular formula is C23H30O3. The van der Waals surface area contributed by atoms with Gasteiger partial charge in [-0.25, -0.2) is 0 Å². The standard InChI is InChI=1S/C23H30O3/c1-4-6-13-23(12-5-2)16-21(17-8-7-9-18(24)14-17)20-11-10-19(25-3)15-22(20)26-23/h7-11,14-15,21,24H,4-6,12-13,16H2,1-3H3. The molecule has 0 bridgehead atoms. The first-order chi connectivity index (χ1) is 12.6. The van der Waals surface area contributed by atoms with Crippen LogP contribution in [0.25, 0.3) is 0 Å². The summed E-state index contributed by atoms with van der Waals surface area (Å²) in [4.78, 5) is 0.